The van der Waals surface area contributed by atoms with Crippen molar-refractivity contribution in [3.05, 3.63) is 69.8 Å². The van der Waals surface area contributed by atoms with Crippen LogP contribution in [0.5, 0.6) is 5.75 Å². The number of ether oxygens (including phenoxy) is 1. The standard InChI is InChI=1S/C20H16BrNO3/c1-2-25-19-6-4-3-5-13(19)7-9-15-12-17(20(23)24)16-11-14(21)8-10-18(16)22-15/h3-12H,2H2,1H3,(H,23,24)/b9-7+. The topological polar surface area (TPSA) is 59.4 Å². The van der Waals surface area contributed by atoms with E-state index in [4.69, 9.17) is 4.74 Å². The molecule has 0 spiro atoms. The molecule has 0 aliphatic heterocycles. The Kier molecular flexibility index (Phi) is 5.14. The van der Waals surface area contributed by atoms with E-state index in [0.717, 1.165) is 15.8 Å². The van der Waals surface area contributed by atoms with Gasteiger partial charge in [-0.3, -0.25) is 0 Å². The van der Waals surface area contributed by atoms with E-state index >= 15 is 0 Å². The molecule has 0 fully saturated rings. The molecule has 0 atom stereocenters. The number of aromatic nitrogens is 1. The smallest absolute Gasteiger partial charge is 0.336 e. The predicted molar refractivity (Wildman–Crippen MR) is 103 cm³/mol. The Morgan fingerprint density at radius 3 is 2.76 bits per heavy atom. The van der Waals surface area contributed by atoms with Gasteiger partial charge < -0.3 is 9.84 Å². The highest BCUT2D eigenvalue weighted by molar-refractivity contribution is 9.10. The molecule has 0 bridgehead atoms. The molecule has 0 radical (unpaired) electrons. The van der Waals surface area contributed by atoms with E-state index in [1.165, 1.54) is 0 Å². The Morgan fingerprint density at radius 2 is 2.00 bits per heavy atom. The molecule has 1 heterocycles. The third-order valence-electron chi connectivity index (χ3n) is 3.67. The number of halogens is 1. The summed E-state index contributed by atoms with van der Waals surface area (Å²) in [5, 5.41) is 10.1. The average molecular weight is 398 g/mol. The largest absolute Gasteiger partial charge is 0.493 e. The first-order valence-corrected chi connectivity index (χ1v) is 8.61. The molecule has 1 N–H and O–H groups in total. The van der Waals surface area contributed by atoms with Gasteiger partial charge in [-0.25, -0.2) is 9.78 Å². The molecular formula is C20H16BrNO3. The lowest BCUT2D eigenvalue weighted by Crippen LogP contribution is -2.00. The Bertz CT molecular complexity index is 966. The molecule has 0 aliphatic carbocycles. The molecule has 0 saturated carbocycles. The number of carboxylic acids is 1. The zero-order valence-corrected chi connectivity index (χ0v) is 15.2. The summed E-state index contributed by atoms with van der Waals surface area (Å²) in [4.78, 5) is 16.1. The monoisotopic (exact) mass is 397 g/mol. The minimum absolute atomic E-state index is 0.226. The molecule has 3 rings (SSSR count). The van der Waals surface area contributed by atoms with Gasteiger partial charge in [-0.1, -0.05) is 34.1 Å². The molecule has 3 aromatic rings. The molecule has 0 unspecified atom stereocenters. The van der Waals surface area contributed by atoms with Crippen LogP contribution in [0.3, 0.4) is 0 Å². The van der Waals surface area contributed by atoms with Crippen LogP contribution in [0.2, 0.25) is 0 Å². The van der Waals surface area contributed by atoms with Gasteiger partial charge in [0.15, 0.2) is 0 Å². The number of aromatic carboxylic acids is 1. The first-order chi connectivity index (χ1) is 12.1. The molecule has 4 nitrogen and oxygen atoms in total. The van der Waals surface area contributed by atoms with E-state index in [0.29, 0.717) is 23.2 Å². The number of fused-ring (bicyclic) bond motifs is 1. The third-order valence-corrected chi connectivity index (χ3v) is 4.17. The quantitative estimate of drug-likeness (QED) is 0.637. The van der Waals surface area contributed by atoms with Crippen LogP contribution in [-0.4, -0.2) is 22.7 Å². The summed E-state index contributed by atoms with van der Waals surface area (Å²) in [6.45, 7) is 2.51. The molecule has 25 heavy (non-hydrogen) atoms. The Hall–Kier alpha value is -2.66. The van der Waals surface area contributed by atoms with E-state index in [1.54, 1.807) is 24.3 Å². The number of carbonyl (C=O) groups is 1. The highest BCUT2D eigenvalue weighted by atomic mass is 79.9. The van der Waals surface area contributed by atoms with Gasteiger partial charge in [0.2, 0.25) is 0 Å². The highest BCUT2D eigenvalue weighted by Crippen LogP contribution is 2.25. The van der Waals surface area contributed by atoms with Crippen molar-refractivity contribution in [2.45, 2.75) is 6.92 Å². The number of pyridine rings is 1. The van der Waals surface area contributed by atoms with Crippen molar-refractivity contribution in [2.24, 2.45) is 0 Å². The number of carboxylic acid groups (broad SMARTS) is 1. The Labute approximate surface area is 153 Å². The summed E-state index contributed by atoms with van der Waals surface area (Å²) in [5.41, 5.74) is 2.36. The zero-order valence-electron chi connectivity index (χ0n) is 13.6. The van der Waals surface area contributed by atoms with Gasteiger partial charge in [0, 0.05) is 15.4 Å². The number of para-hydroxylation sites is 1. The van der Waals surface area contributed by atoms with Gasteiger partial charge in [-0.15, -0.1) is 0 Å². The van der Waals surface area contributed by atoms with Crippen LogP contribution in [0, 0.1) is 0 Å². The van der Waals surface area contributed by atoms with Gasteiger partial charge >= 0.3 is 5.97 Å². The fourth-order valence-electron chi connectivity index (χ4n) is 2.56. The van der Waals surface area contributed by atoms with Crippen molar-refractivity contribution in [1.82, 2.24) is 4.98 Å². The van der Waals surface area contributed by atoms with E-state index < -0.39 is 5.97 Å². The van der Waals surface area contributed by atoms with Crippen molar-refractivity contribution in [3.63, 3.8) is 0 Å². The van der Waals surface area contributed by atoms with Gasteiger partial charge in [-0.05, 0) is 49.4 Å². The summed E-state index contributed by atoms with van der Waals surface area (Å²) in [6, 6.07) is 14.7. The molecule has 126 valence electrons. The van der Waals surface area contributed by atoms with Crippen molar-refractivity contribution in [2.75, 3.05) is 6.61 Å². The lowest BCUT2D eigenvalue weighted by Gasteiger charge is -2.07. The maximum atomic E-state index is 11.6. The maximum Gasteiger partial charge on any atom is 0.336 e. The number of rotatable bonds is 5. The lowest BCUT2D eigenvalue weighted by atomic mass is 10.1. The molecule has 0 saturated heterocycles. The summed E-state index contributed by atoms with van der Waals surface area (Å²) in [6.07, 6.45) is 3.68. The third kappa shape index (κ3) is 3.88. The van der Waals surface area contributed by atoms with E-state index in [1.807, 2.05) is 43.3 Å². The van der Waals surface area contributed by atoms with Crippen molar-refractivity contribution in [3.8, 4) is 5.75 Å². The molecule has 0 amide bonds. The van der Waals surface area contributed by atoms with E-state index in [9.17, 15) is 9.90 Å². The highest BCUT2D eigenvalue weighted by Gasteiger charge is 2.11. The molecule has 5 heteroatoms. The maximum absolute atomic E-state index is 11.6. The van der Waals surface area contributed by atoms with Crippen LogP contribution in [-0.2, 0) is 0 Å². The van der Waals surface area contributed by atoms with Crippen LogP contribution in [0.15, 0.2) is 53.0 Å². The average Bonchev–Trinajstić information content (AvgIpc) is 2.60. The lowest BCUT2D eigenvalue weighted by molar-refractivity contribution is 0.0699. The van der Waals surface area contributed by atoms with Crippen LogP contribution < -0.4 is 4.74 Å². The zero-order chi connectivity index (χ0) is 17.8. The van der Waals surface area contributed by atoms with E-state index in [-0.39, 0.29) is 5.56 Å². The summed E-state index contributed by atoms with van der Waals surface area (Å²) >= 11 is 3.37. The van der Waals surface area contributed by atoms with Crippen molar-refractivity contribution >= 4 is 45.0 Å². The predicted octanol–water partition coefficient (Wildman–Crippen LogP) is 5.26. The number of benzene rings is 2. The molecular weight excluding hydrogens is 382 g/mol. The van der Waals surface area contributed by atoms with Crippen molar-refractivity contribution < 1.29 is 14.6 Å². The first kappa shape index (κ1) is 17.2. The van der Waals surface area contributed by atoms with Crippen LogP contribution >= 0.6 is 15.9 Å². The second kappa shape index (κ2) is 7.49. The summed E-state index contributed by atoms with van der Waals surface area (Å²) < 4.78 is 6.42. The normalized spacial score (nSPS) is 11.1. The second-order valence-electron chi connectivity index (χ2n) is 5.37. The fourth-order valence-corrected chi connectivity index (χ4v) is 2.92. The van der Waals surface area contributed by atoms with Crippen molar-refractivity contribution in [1.29, 1.82) is 0 Å². The van der Waals surface area contributed by atoms with Crippen LogP contribution in [0.25, 0.3) is 23.1 Å². The minimum Gasteiger partial charge on any atom is -0.493 e. The van der Waals surface area contributed by atoms with Crippen LogP contribution in [0.1, 0.15) is 28.5 Å². The van der Waals surface area contributed by atoms with Gasteiger partial charge in [-0.2, -0.15) is 0 Å². The summed E-state index contributed by atoms with van der Waals surface area (Å²) in [7, 11) is 0. The first-order valence-electron chi connectivity index (χ1n) is 7.82. The fraction of sp³-hybridized carbons (Fsp3) is 0.100. The van der Waals surface area contributed by atoms with Gasteiger partial charge in [0.1, 0.15) is 5.75 Å². The SMILES string of the molecule is CCOc1ccccc1/C=C/c1cc(C(=O)O)c2cc(Br)ccc2n1. The Morgan fingerprint density at radius 1 is 1.20 bits per heavy atom. The van der Waals surface area contributed by atoms with Gasteiger partial charge in [0.05, 0.1) is 23.4 Å². The summed E-state index contributed by atoms with van der Waals surface area (Å²) in [5.74, 6) is -0.195. The minimum atomic E-state index is -0.977. The number of hydrogen-bond acceptors (Lipinski definition) is 3. The molecule has 1 aromatic heterocycles. The number of nitrogens with zero attached hydrogens (tertiary/aromatic N) is 1. The van der Waals surface area contributed by atoms with Gasteiger partial charge in [0.25, 0.3) is 0 Å². The van der Waals surface area contributed by atoms with Crippen LogP contribution in [0.4, 0.5) is 0 Å². The number of hydrogen-bond donors (Lipinski definition) is 1. The second-order valence-corrected chi connectivity index (χ2v) is 6.28. The molecule has 2 aromatic carbocycles. The molecule has 0 aliphatic rings. The Balaban J connectivity index is 2.05. The van der Waals surface area contributed by atoms with E-state index in [2.05, 4.69) is 20.9 Å².